The summed E-state index contributed by atoms with van der Waals surface area (Å²) >= 11 is 7.69. The van der Waals surface area contributed by atoms with E-state index in [1.165, 1.54) is 5.56 Å². The first kappa shape index (κ1) is 13.4. The van der Waals surface area contributed by atoms with E-state index in [0.717, 1.165) is 15.7 Å². The van der Waals surface area contributed by atoms with Gasteiger partial charge in [-0.2, -0.15) is 0 Å². The first-order valence-electron chi connectivity index (χ1n) is 5.69. The van der Waals surface area contributed by atoms with Crippen molar-refractivity contribution in [2.75, 3.05) is 5.75 Å². The number of hydrogen-bond acceptors (Lipinski definition) is 3. The van der Waals surface area contributed by atoms with Gasteiger partial charge in [-0.3, -0.25) is 11.3 Å². The fraction of sp³-hybridized carbons (Fsp3) is 0.143. The number of thioether (sulfide) groups is 1. The molecule has 94 valence electrons. The summed E-state index contributed by atoms with van der Waals surface area (Å²) in [5.74, 6) is 6.47. The number of nitrogens with two attached hydrogens (primary N) is 1. The number of nitrogens with one attached hydrogen (secondary N) is 1. The van der Waals surface area contributed by atoms with Crippen LogP contribution in [-0.2, 0) is 0 Å². The molecule has 0 spiro atoms. The van der Waals surface area contributed by atoms with E-state index in [1.807, 2.05) is 36.4 Å². The van der Waals surface area contributed by atoms with E-state index < -0.39 is 0 Å². The molecule has 0 saturated carbocycles. The third-order valence-corrected chi connectivity index (χ3v) is 3.94. The van der Waals surface area contributed by atoms with Gasteiger partial charge in [-0.1, -0.05) is 48.0 Å². The maximum absolute atomic E-state index is 5.96. The lowest BCUT2D eigenvalue weighted by atomic mass is 10.1. The van der Waals surface area contributed by atoms with Crippen LogP contribution in [0, 0.1) is 0 Å². The Bertz CT molecular complexity index is 490. The first-order valence-corrected chi connectivity index (χ1v) is 7.05. The normalized spacial score (nSPS) is 12.3. The molecule has 0 aliphatic heterocycles. The zero-order valence-electron chi connectivity index (χ0n) is 9.84. The fourth-order valence-electron chi connectivity index (χ4n) is 1.66. The lowest BCUT2D eigenvalue weighted by Gasteiger charge is -2.15. The van der Waals surface area contributed by atoms with Crippen LogP contribution in [0.15, 0.2) is 59.5 Å². The molecule has 2 aromatic carbocycles. The summed E-state index contributed by atoms with van der Waals surface area (Å²) in [5, 5.41) is 0.761. The third-order valence-electron chi connectivity index (χ3n) is 2.62. The van der Waals surface area contributed by atoms with Crippen molar-refractivity contribution in [3.05, 3.63) is 65.2 Å². The molecule has 0 bridgehead atoms. The standard InChI is InChI=1S/C14H15ClN2S/c15-12-7-4-8-13(9-12)18-10-14(17-16)11-5-2-1-3-6-11/h1-9,14,17H,10,16H2. The molecule has 0 saturated heterocycles. The molecule has 3 N–H and O–H groups in total. The summed E-state index contributed by atoms with van der Waals surface area (Å²) in [4.78, 5) is 1.15. The molecule has 2 aromatic rings. The second-order valence-electron chi connectivity index (χ2n) is 3.90. The SMILES string of the molecule is NNC(CSc1cccc(Cl)c1)c1ccccc1. The van der Waals surface area contributed by atoms with Gasteiger partial charge in [-0.25, -0.2) is 0 Å². The quantitative estimate of drug-likeness (QED) is 0.498. The van der Waals surface area contributed by atoms with E-state index in [2.05, 4.69) is 23.6 Å². The van der Waals surface area contributed by atoms with Crippen LogP contribution in [0.25, 0.3) is 0 Å². The summed E-state index contributed by atoms with van der Waals surface area (Å²) in [6, 6.07) is 18.2. The highest BCUT2D eigenvalue weighted by Gasteiger charge is 2.09. The van der Waals surface area contributed by atoms with Crippen molar-refractivity contribution in [2.45, 2.75) is 10.9 Å². The predicted molar refractivity (Wildman–Crippen MR) is 78.7 cm³/mol. The van der Waals surface area contributed by atoms with Crippen molar-refractivity contribution >= 4 is 23.4 Å². The molecule has 0 aromatic heterocycles. The number of hydrogen-bond donors (Lipinski definition) is 2. The molecule has 0 amide bonds. The lowest BCUT2D eigenvalue weighted by Crippen LogP contribution is -2.29. The Morgan fingerprint density at radius 1 is 1.11 bits per heavy atom. The molecule has 0 heterocycles. The van der Waals surface area contributed by atoms with Crippen LogP contribution >= 0.6 is 23.4 Å². The maximum Gasteiger partial charge on any atom is 0.0553 e. The Labute approximate surface area is 117 Å². The maximum atomic E-state index is 5.96. The zero-order chi connectivity index (χ0) is 12.8. The van der Waals surface area contributed by atoms with Crippen LogP contribution in [0.1, 0.15) is 11.6 Å². The summed E-state index contributed by atoms with van der Waals surface area (Å²) < 4.78 is 0. The molecule has 4 heteroatoms. The van der Waals surface area contributed by atoms with Crippen molar-refractivity contribution in [1.82, 2.24) is 5.43 Å². The summed E-state index contributed by atoms with van der Waals surface area (Å²) in [6.07, 6.45) is 0. The Balaban J connectivity index is 2.00. The third kappa shape index (κ3) is 3.75. The smallest absolute Gasteiger partial charge is 0.0553 e. The molecular weight excluding hydrogens is 264 g/mol. The van der Waals surface area contributed by atoms with E-state index in [1.54, 1.807) is 11.8 Å². The van der Waals surface area contributed by atoms with Crippen LogP contribution in [0.5, 0.6) is 0 Å². The van der Waals surface area contributed by atoms with E-state index in [0.29, 0.717) is 0 Å². The largest absolute Gasteiger partial charge is 0.271 e. The molecule has 1 unspecified atom stereocenters. The molecule has 18 heavy (non-hydrogen) atoms. The van der Waals surface area contributed by atoms with Gasteiger partial charge in [0.05, 0.1) is 6.04 Å². The number of hydrazine groups is 1. The summed E-state index contributed by atoms with van der Waals surface area (Å²) in [7, 11) is 0. The Morgan fingerprint density at radius 2 is 1.89 bits per heavy atom. The van der Waals surface area contributed by atoms with Crippen molar-refractivity contribution in [1.29, 1.82) is 0 Å². The van der Waals surface area contributed by atoms with Crippen LogP contribution in [-0.4, -0.2) is 5.75 Å². The fourth-order valence-corrected chi connectivity index (χ4v) is 2.95. The molecule has 0 aliphatic rings. The minimum atomic E-state index is 0.134. The van der Waals surface area contributed by atoms with Gasteiger partial charge in [0, 0.05) is 15.7 Å². The summed E-state index contributed by atoms with van der Waals surface area (Å²) in [6.45, 7) is 0. The van der Waals surface area contributed by atoms with Crippen LogP contribution < -0.4 is 11.3 Å². The Kier molecular flexibility index (Phi) is 5.08. The van der Waals surface area contributed by atoms with Crippen molar-refractivity contribution in [2.24, 2.45) is 5.84 Å². The highest BCUT2D eigenvalue weighted by Crippen LogP contribution is 2.26. The second-order valence-corrected chi connectivity index (χ2v) is 5.43. The van der Waals surface area contributed by atoms with Gasteiger partial charge < -0.3 is 0 Å². The van der Waals surface area contributed by atoms with Crippen LogP contribution in [0.2, 0.25) is 5.02 Å². The van der Waals surface area contributed by atoms with E-state index in [9.17, 15) is 0 Å². The summed E-state index contributed by atoms with van der Waals surface area (Å²) in [5.41, 5.74) is 4.04. The minimum Gasteiger partial charge on any atom is -0.271 e. The van der Waals surface area contributed by atoms with Gasteiger partial charge in [0.2, 0.25) is 0 Å². The van der Waals surface area contributed by atoms with Crippen molar-refractivity contribution in [3.63, 3.8) is 0 Å². The average Bonchev–Trinajstić information content (AvgIpc) is 2.41. The van der Waals surface area contributed by atoms with Gasteiger partial charge in [0.25, 0.3) is 0 Å². The predicted octanol–water partition coefficient (Wildman–Crippen LogP) is 3.64. The molecule has 0 radical (unpaired) electrons. The highest BCUT2D eigenvalue weighted by atomic mass is 35.5. The molecule has 0 aliphatic carbocycles. The van der Waals surface area contributed by atoms with Gasteiger partial charge in [-0.05, 0) is 23.8 Å². The highest BCUT2D eigenvalue weighted by molar-refractivity contribution is 7.99. The van der Waals surface area contributed by atoms with E-state index in [4.69, 9.17) is 17.4 Å². The van der Waals surface area contributed by atoms with Crippen LogP contribution in [0.3, 0.4) is 0 Å². The molecule has 1 atom stereocenters. The van der Waals surface area contributed by atoms with E-state index in [-0.39, 0.29) is 6.04 Å². The van der Waals surface area contributed by atoms with Gasteiger partial charge in [0.1, 0.15) is 0 Å². The van der Waals surface area contributed by atoms with E-state index >= 15 is 0 Å². The minimum absolute atomic E-state index is 0.134. The van der Waals surface area contributed by atoms with Crippen LogP contribution in [0.4, 0.5) is 0 Å². The van der Waals surface area contributed by atoms with Crippen molar-refractivity contribution < 1.29 is 0 Å². The van der Waals surface area contributed by atoms with Gasteiger partial charge in [0.15, 0.2) is 0 Å². The topological polar surface area (TPSA) is 38.0 Å². The average molecular weight is 279 g/mol. The number of halogens is 1. The molecule has 2 nitrogen and oxygen atoms in total. The molecule has 0 fully saturated rings. The molecular formula is C14H15ClN2S. The number of benzene rings is 2. The Hall–Kier alpha value is -1.00. The first-order chi connectivity index (χ1) is 8.79. The van der Waals surface area contributed by atoms with Gasteiger partial charge >= 0.3 is 0 Å². The van der Waals surface area contributed by atoms with Gasteiger partial charge in [-0.15, -0.1) is 11.8 Å². The van der Waals surface area contributed by atoms with Crippen molar-refractivity contribution in [3.8, 4) is 0 Å². The zero-order valence-corrected chi connectivity index (χ0v) is 11.4. The molecule has 2 rings (SSSR count). The Morgan fingerprint density at radius 3 is 2.56 bits per heavy atom. The lowest BCUT2D eigenvalue weighted by molar-refractivity contribution is 0.611. The second kappa shape index (κ2) is 6.81. The number of rotatable bonds is 5. The monoisotopic (exact) mass is 278 g/mol.